The van der Waals surface area contributed by atoms with Gasteiger partial charge in [0.15, 0.2) is 0 Å². The van der Waals surface area contributed by atoms with E-state index in [1.165, 1.54) is 51.4 Å². The van der Waals surface area contributed by atoms with Crippen LogP contribution in [-0.2, 0) is 4.79 Å². The fraction of sp³-hybridized carbons (Fsp3) is 0.750. The number of hydrogen-bond donors (Lipinski definition) is 0. The van der Waals surface area contributed by atoms with E-state index in [2.05, 4.69) is 45.1 Å². The molecular formula is C20H36O. The van der Waals surface area contributed by atoms with Gasteiger partial charge in [-0.3, -0.25) is 4.79 Å². The third kappa shape index (κ3) is 13.9. The smallest absolute Gasteiger partial charge is 0.133 e. The van der Waals surface area contributed by atoms with Gasteiger partial charge in [0.2, 0.25) is 0 Å². The number of rotatable bonds is 9. The molecule has 1 heteroatoms. The molecule has 0 aromatic heterocycles. The van der Waals surface area contributed by atoms with Crippen LogP contribution in [0.15, 0.2) is 24.3 Å². The molecule has 0 unspecified atom stereocenters. The summed E-state index contributed by atoms with van der Waals surface area (Å²) in [6, 6.07) is 0. The molecular weight excluding hydrogens is 256 g/mol. The monoisotopic (exact) mass is 292 g/mol. The first-order valence-corrected chi connectivity index (χ1v) is 9.09. The molecule has 1 fully saturated rings. The van der Waals surface area contributed by atoms with E-state index in [9.17, 15) is 4.79 Å². The molecule has 0 heterocycles. The minimum absolute atomic E-state index is 0.426. The van der Waals surface area contributed by atoms with E-state index in [-0.39, 0.29) is 0 Å². The third-order valence-electron chi connectivity index (χ3n) is 3.85. The predicted octanol–water partition coefficient (Wildman–Crippen LogP) is 6.63. The Morgan fingerprint density at radius 2 is 1.62 bits per heavy atom. The number of hydrogen-bond acceptors (Lipinski definition) is 1. The summed E-state index contributed by atoms with van der Waals surface area (Å²) in [5.41, 5.74) is 0. The van der Waals surface area contributed by atoms with Gasteiger partial charge in [-0.05, 0) is 18.8 Å². The summed E-state index contributed by atoms with van der Waals surface area (Å²) in [5, 5.41) is 0. The van der Waals surface area contributed by atoms with E-state index in [4.69, 9.17) is 0 Å². The van der Waals surface area contributed by atoms with Crippen LogP contribution in [0, 0.1) is 5.92 Å². The minimum atomic E-state index is 0.426. The largest absolute Gasteiger partial charge is 0.300 e. The van der Waals surface area contributed by atoms with Crippen molar-refractivity contribution in [3.8, 4) is 0 Å². The predicted molar refractivity (Wildman–Crippen MR) is 94.6 cm³/mol. The first-order valence-electron chi connectivity index (χ1n) is 9.09. The fourth-order valence-electron chi connectivity index (χ4n) is 2.40. The number of unbranched alkanes of at least 4 members (excludes halogenated alkanes) is 6. The van der Waals surface area contributed by atoms with Crippen LogP contribution in [0.1, 0.15) is 91.4 Å². The average molecular weight is 293 g/mol. The highest BCUT2D eigenvalue weighted by atomic mass is 16.1. The average Bonchev–Trinajstić information content (AvgIpc) is 2.90. The molecule has 0 radical (unpaired) electrons. The molecule has 1 rings (SSSR count). The Hall–Kier alpha value is -0.850. The van der Waals surface area contributed by atoms with Crippen LogP contribution in [0.4, 0.5) is 0 Å². The van der Waals surface area contributed by atoms with Crippen LogP contribution in [0.5, 0.6) is 0 Å². The maximum atomic E-state index is 11.0. The first kappa shape index (κ1) is 20.1. The summed E-state index contributed by atoms with van der Waals surface area (Å²) in [6.45, 7) is 6.69. The van der Waals surface area contributed by atoms with Gasteiger partial charge in [-0.25, -0.2) is 0 Å². The molecule has 1 aliphatic rings. The molecule has 1 nitrogen and oxygen atoms in total. The van der Waals surface area contributed by atoms with Crippen LogP contribution in [0.3, 0.4) is 0 Å². The quantitative estimate of drug-likeness (QED) is 0.344. The molecule has 1 aliphatic carbocycles. The highest BCUT2D eigenvalue weighted by molar-refractivity contribution is 5.80. The number of ketones is 1. The van der Waals surface area contributed by atoms with Gasteiger partial charge in [0.25, 0.3) is 0 Å². The topological polar surface area (TPSA) is 17.1 Å². The summed E-state index contributed by atoms with van der Waals surface area (Å²) in [5.74, 6) is 0.938. The van der Waals surface area contributed by atoms with Crippen molar-refractivity contribution in [3.63, 3.8) is 0 Å². The van der Waals surface area contributed by atoms with Crippen LogP contribution in [0.2, 0.25) is 0 Å². The van der Waals surface area contributed by atoms with Crippen molar-refractivity contribution in [1.29, 1.82) is 0 Å². The number of carbonyl (C=O) groups is 1. The lowest BCUT2D eigenvalue weighted by Gasteiger charge is -1.96. The highest BCUT2D eigenvalue weighted by Gasteiger charge is 2.18. The Labute approximate surface area is 132 Å². The molecule has 0 amide bonds. The number of Topliss-reactive ketones (excluding diaryl/α,β-unsaturated/α-hetero) is 1. The summed E-state index contributed by atoms with van der Waals surface area (Å²) in [4.78, 5) is 11.0. The lowest BCUT2D eigenvalue weighted by molar-refractivity contribution is -0.117. The van der Waals surface area contributed by atoms with E-state index in [0.29, 0.717) is 11.7 Å². The molecule has 0 N–H and O–H groups in total. The minimum Gasteiger partial charge on any atom is -0.300 e. The molecule has 0 saturated heterocycles. The van der Waals surface area contributed by atoms with Crippen molar-refractivity contribution in [2.75, 3.05) is 0 Å². The van der Waals surface area contributed by atoms with Gasteiger partial charge in [-0.15, -0.1) is 0 Å². The lowest BCUT2D eigenvalue weighted by Crippen LogP contribution is -1.89. The Balaban J connectivity index is 0.000000486. The molecule has 21 heavy (non-hydrogen) atoms. The van der Waals surface area contributed by atoms with Gasteiger partial charge < -0.3 is 0 Å². The van der Waals surface area contributed by atoms with Gasteiger partial charge in [-0.2, -0.15) is 0 Å². The second-order valence-corrected chi connectivity index (χ2v) is 6.06. The van der Waals surface area contributed by atoms with Gasteiger partial charge in [-0.1, -0.05) is 90.0 Å². The normalized spacial score (nSPS) is 18.4. The van der Waals surface area contributed by atoms with Crippen molar-refractivity contribution >= 4 is 5.78 Å². The van der Waals surface area contributed by atoms with Gasteiger partial charge in [0.05, 0.1) is 0 Å². The summed E-state index contributed by atoms with van der Waals surface area (Å²) in [7, 11) is 0. The first-order chi connectivity index (χ1) is 10.2. The van der Waals surface area contributed by atoms with Crippen molar-refractivity contribution < 1.29 is 4.79 Å². The molecule has 1 atom stereocenters. The zero-order chi connectivity index (χ0) is 15.8. The Morgan fingerprint density at radius 1 is 0.952 bits per heavy atom. The summed E-state index contributed by atoms with van der Waals surface area (Å²) in [6.07, 6.45) is 21.9. The summed E-state index contributed by atoms with van der Waals surface area (Å²) < 4.78 is 0. The van der Waals surface area contributed by atoms with Crippen LogP contribution >= 0.6 is 0 Å². The van der Waals surface area contributed by atoms with Crippen LogP contribution in [-0.4, -0.2) is 5.78 Å². The second-order valence-electron chi connectivity index (χ2n) is 6.06. The van der Waals surface area contributed by atoms with Gasteiger partial charge in [0, 0.05) is 12.8 Å². The maximum absolute atomic E-state index is 11.0. The van der Waals surface area contributed by atoms with E-state index in [1.807, 2.05) is 0 Å². The molecule has 0 spiro atoms. The van der Waals surface area contributed by atoms with E-state index in [0.717, 1.165) is 19.3 Å². The van der Waals surface area contributed by atoms with E-state index < -0.39 is 0 Å². The molecule has 0 aromatic rings. The van der Waals surface area contributed by atoms with Crippen molar-refractivity contribution in [2.45, 2.75) is 91.4 Å². The Kier molecular flexibility index (Phi) is 14.9. The molecule has 1 saturated carbocycles. The van der Waals surface area contributed by atoms with E-state index in [1.54, 1.807) is 0 Å². The fourth-order valence-corrected chi connectivity index (χ4v) is 2.40. The lowest BCUT2D eigenvalue weighted by atomic mass is 10.1. The molecule has 122 valence electrons. The van der Waals surface area contributed by atoms with Crippen molar-refractivity contribution in [1.82, 2.24) is 0 Å². The third-order valence-corrected chi connectivity index (χ3v) is 3.85. The standard InChI is InChI=1S/C13H20O.C7H16/c1-2-3-4-5-6-7-8-12-9-10-13(14)11-12;1-3-5-7-6-4-2/h5-8,12H,2-4,9-11H2,1H3;3-7H2,1-2H3/b6-5+,8-7+;/t12-;/m0./s1. The van der Waals surface area contributed by atoms with Crippen molar-refractivity contribution in [3.05, 3.63) is 24.3 Å². The zero-order valence-corrected chi connectivity index (χ0v) is 14.6. The van der Waals surface area contributed by atoms with Gasteiger partial charge >= 0.3 is 0 Å². The second kappa shape index (κ2) is 15.5. The number of allylic oxidation sites excluding steroid dienone is 4. The molecule has 0 aliphatic heterocycles. The highest BCUT2D eigenvalue weighted by Crippen LogP contribution is 2.22. The zero-order valence-electron chi connectivity index (χ0n) is 14.6. The number of carbonyl (C=O) groups excluding carboxylic acids is 1. The van der Waals surface area contributed by atoms with E-state index >= 15 is 0 Å². The molecule has 0 aromatic carbocycles. The maximum Gasteiger partial charge on any atom is 0.133 e. The van der Waals surface area contributed by atoms with Crippen LogP contribution < -0.4 is 0 Å². The Bertz CT molecular complexity index is 284. The summed E-state index contributed by atoms with van der Waals surface area (Å²) >= 11 is 0. The van der Waals surface area contributed by atoms with Gasteiger partial charge in [0.1, 0.15) is 5.78 Å². The van der Waals surface area contributed by atoms with Crippen LogP contribution in [0.25, 0.3) is 0 Å². The molecule has 0 bridgehead atoms. The van der Waals surface area contributed by atoms with Crippen molar-refractivity contribution in [2.24, 2.45) is 5.92 Å². The SMILES string of the molecule is CCCC/C=C/C=C/[C@H]1CCC(=O)C1.CCCCCCC. The Morgan fingerprint density at radius 3 is 2.14 bits per heavy atom.